The maximum Gasteiger partial charge on any atom is 0.251 e. The number of anilines is 1. The number of carbonyl (C=O) groups excluding carboxylic acids is 1. The van der Waals surface area contributed by atoms with Gasteiger partial charge in [-0.1, -0.05) is 44.7 Å². The molecule has 1 aromatic carbocycles. The summed E-state index contributed by atoms with van der Waals surface area (Å²) < 4.78 is 0. The Kier molecular flexibility index (Phi) is 8.62. The molecule has 7 heteroatoms. The molecule has 0 saturated carbocycles. The van der Waals surface area contributed by atoms with Crippen molar-refractivity contribution in [2.24, 2.45) is 0 Å². The zero-order valence-electron chi connectivity index (χ0n) is 19.2. The molecular weight excluding hydrogens is 418 g/mol. The van der Waals surface area contributed by atoms with Crippen LogP contribution in [0.1, 0.15) is 60.3 Å². The highest BCUT2D eigenvalue weighted by Gasteiger charge is 2.12. The second-order valence-corrected chi connectivity index (χ2v) is 8.98. The van der Waals surface area contributed by atoms with E-state index in [9.17, 15) is 4.79 Å². The van der Waals surface area contributed by atoms with Crippen molar-refractivity contribution in [2.45, 2.75) is 50.6 Å². The van der Waals surface area contributed by atoms with E-state index in [2.05, 4.69) is 49.1 Å². The van der Waals surface area contributed by atoms with Gasteiger partial charge in [0.15, 0.2) is 5.16 Å². The SMILES string of the molecule is CCCN(C)c1cc(C(C)C)nc(SCc2ccc(C(=O)NCc3ccncc3)cc2)n1. The molecule has 0 aliphatic carbocycles. The fourth-order valence-corrected chi connectivity index (χ4v) is 3.94. The number of pyridine rings is 1. The quantitative estimate of drug-likeness (QED) is 0.344. The van der Waals surface area contributed by atoms with E-state index in [0.29, 0.717) is 18.0 Å². The molecule has 1 amide bonds. The smallest absolute Gasteiger partial charge is 0.251 e. The number of benzene rings is 1. The van der Waals surface area contributed by atoms with Crippen molar-refractivity contribution < 1.29 is 4.79 Å². The predicted molar refractivity (Wildman–Crippen MR) is 131 cm³/mol. The Morgan fingerprint density at radius 1 is 1.06 bits per heavy atom. The lowest BCUT2D eigenvalue weighted by Gasteiger charge is -2.19. The van der Waals surface area contributed by atoms with Crippen LogP contribution in [0.2, 0.25) is 0 Å². The van der Waals surface area contributed by atoms with E-state index in [0.717, 1.165) is 46.5 Å². The number of nitrogens with one attached hydrogen (secondary N) is 1. The van der Waals surface area contributed by atoms with Crippen molar-refractivity contribution >= 4 is 23.5 Å². The van der Waals surface area contributed by atoms with E-state index in [1.54, 1.807) is 24.2 Å². The van der Waals surface area contributed by atoms with Crippen LogP contribution in [-0.4, -0.2) is 34.5 Å². The van der Waals surface area contributed by atoms with Gasteiger partial charge in [0.1, 0.15) is 5.82 Å². The maximum absolute atomic E-state index is 12.4. The van der Waals surface area contributed by atoms with Gasteiger partial charge in [0.25, 0.3) is 5.91 Å². The summed E-state index contributed by atoms with van der Waals surface area (Å²) in [5.74, 6) is 1.97. The molecule has 0 saturated heterocycles. The Hall–Kier alpha value is -2.93. The molecule has 6 nitrogen and oxygen atoms in total. The third-order valence-electron chi connectivity index (χ3n) is 5.04. The molecule has 1 N–H and O–H groups in total. The van der Waals surface area contributed by atoms with Gasteiger partial charge >= 0.3 is 0 Å². The van der Waals surface area contributed by atoms with Crippen LogP contribution < -0.4 is 10.2 Å². The molecule has 0 bridgehead atoms. The summed E-state index contributed by atoms with van der Waals surface area (Å²) in [6, 6.07) is 13.6. The van der Waals surface area contributed by atoms with Crippen LogP contribution in [0, 0.1) is 0 Å². The number of aromatic nitrogens is 3. The van der Waals surface area contributed by atoms with Gasteiger partial charge in [0.2, 0.25) is 0 Å². The lowest BCUT2D eigenvalue weighted by atomic mass is 10.1. The zero-order valence-corrected chi connectivity index (χ0v) is 20.0. The fraction of sp³-hybridized carbons (Fsp3) is 0.360. The number of carbonyl (C=O) groups is 1. The van der Waals surface area contributed by atoms with Gasteiger partial charge in [-0.25, -0.2) is 9.97 Å². The third kappa shape index (κ3) is 6.79. The first-order valence-electron chi connectivity index (χ1n) is 10.9. The molecule has 2 aromatic heterocycles. The van der Waals surface area contributed by atoms with Gasteiger partial charge in [-0.3, -0.25) is 9.78 Å². The second kappa shape index (κ2) is 11.6. The highest BCUT2D eigenvalue weighted by molar-refractivity contribution is 7.98. The van der Waals surface area contributed by atoms with Crippen molar-refractivity contribution in [1.82, 2.24) is 20.3 Å². The Balaban J connectivity index is 1.61. The minimum Gasteiger partial charge on any atom is -0.360 e. The van der Waals surface area contributed by atoms with Crippen molar-refractivity contribution in [3.8, 4) is 0 Å². The molecule has 32 heavy (non-hydrogen) atoms. The van der Waals surface area contributed by atoms with E-state index < -0.39 is 0 Å². The third-order valence-corrected chi connectivity index (χ3v) is 5.96. The topological polar surface area (TPSA) is 71.0 Å². The second-order valence-electron chi connectivity index (χ2n) is 8.03. The number of hydrogen-bond donors (Lipinski definition) is 1. The minimum atomic E-state index is -0.0856. The monoisotopic (exact) mass is 449 g/mol. The van der Waals surface area contributed by atoms with Gasteiger partial charge in [-0.05, 0) is 47.7 Å². The van der Waals surface area contributed by atoms with Crippen molar-refractivity contribution in [2.75, 3.05) is 18.5 Å². The summed E-state index contributed by atoms with van der Waals surface area (Å²) in [6.07, 6.45) is 4.51. The number of hydrogen-bond acceptors (Lipinski definition) is 6. The van der Waals surface area contributed by atoms with Crippen LogP contribution in [-0.2, 0) is 12.3 Å². The summed E-state index contributed by atoms with van der Waals surface area (Å²) in [5, 5.41) is 3.73. The molecule has 0 atom stereocenters. The van der Waals surface area contributed by atoms with E-state index in [1.165, 1.54) is 0 Å². The average molecular weight is 450 g/mol. The lowest BCUT2D eigenvalue weighted by Crippen LogP contribution is -2.22. The predicted octanol–water partition coefficient (Wildman–Crippen LogP) is 5.06. The van der Waals surface area contributed by atoms with E-state index >= 15 is 0 Å². The van der Waals surface area contributed by atoms with Gasteiger partial charge in [0.05, 0.1) is 0 Å². The van der Waals surface area contributed by atoms with Gasteiger partial charge in [-0.15, -0.1) is 0 Å². The zero-order chi connectivity index (χ0) is 22.9. The Morgan fingerprint density at radius 3 is 2.44 bits per heavy atom. The minimum absolute atomic E-state index is 0.0856. The number of nitrogens with zero attached hydrogens (tertiary/aromatic N) is 4. The first-order chi connectivity index (χ1) is 15.5. The Bertz CT molecular complexity index is 1010. The highest BCUT2D eigenvalue weighted by atomic mass is 32.2. The Morgan fingerprint density at radius 2 is 1.78 bits per heavy atom. The van der Waals surface area contributed by atoms with Gasteiger partial charge < -0.3 is 10.2 Å². The molecule has 168 valence electrons. The average Bonchev–Trinajstić information content (AvgIpc) is 2.82. The van der Waals surface area contributed by atoms with Gasteiger partial charge in [0, 0.05) is 55.6 Å². The summed E-state index contributed by atoms with van der Waals surface area (Å²) in [4.78, 5) is 28.1. The van der Waals surface area contributed by atoms with Gasteiger partial charge in [-0.2, -0.15) is 0 Å². The molecule has 0 fully saturated rings. The molecule has 3 rings (SSSR count). The summed E-state index contributed by atoms with van der Waals surface area (Å²) in [5.41, 5.74) is 3.85. The number of thioether (sulfide) groups is 1. The van der Waals surface area contributed by atoms with E-state index in [4.69, 9.17) is 9.97 Å². The molecule has 2 heterocycles. The van der Waals surface area contributed by atoms with E-state index in [1.807, 2.05) is 36.4 Å². The molecule has 3 aromatic rings. The fourth-order valence-electron chi connectivity index (χ4n) is 3.12. The van der Waals surface area contributed by atoms with Crippen molar-refractivity contribution in [1.29, 1.82) is 0 Å². The van der Waals surface area contributed by atoms with Crippen LogP contribution >= 0.6 is 11.8 Å². The number of amides is 1. The Labute approximate surface area is 194 Å². The standard InChI is InChI=1S/C25H31N5OS/c1-5-14-30(4)23-15-22(18(2)3)28-25(29-23)32-17-20-6-8-21(9-7-20)24(31)27-16-19-10-12-26-13-11-19/h6-13,15,18H,5,14,16-17H2,1-4H3,(H,27,31). The normalized spacial score (nSPS) is 10.9. The summed E-state index contributed by atoms with van der Waals surface area (Å²) in [6.45, 7) is 7.91. The molecule has 0 aliphatic rings. The largest absolute Gasteiger partial charge is 0.360 e. The maximum atomic E-state index is 12.4. The molecule has 0 spiro atoms. The van der Waals surface area contributed by atoms with Crippen molar-refractivity contribution in [3.63, 3.8) is 0 Å². The lowest BCUT2D eigenvalue weighted by molar-refractivity contribution is 0.0951. The van der Waals surface area contributed by atoms with E-state index in [-0.39, 0.29) is 5.91 Å². The van der Waals surface area contributed by atoms with Crippen LogP contribution in [0.15, 0.2) is 60.0 Å². The first kappa shape index (κ1) is 23.7. The molecular formula is C25H31N5OS. The molecule has 0 unspecified atom stereocenters. The summed E-state index contributed by atoms with van der Waals surface area (Å²) in [7, 11) is 2.07. The highest BCUT2D eigenvalue weighted by Crippen LogP contribution is 2.25. The van der Waals surface area contributed by atoms with Crippen molar-refractivity contribution in [3.05, 3.63) is 77.2 Å². The van der Waals surface area contributed by atoms with Crippen LogP contribution in [0.5, 0.6) is 0 Å². The molecule has 0 radical (unpaired) electrons. The van der Waals surface area contributed by atoms with Crippen LogP contribution in [0.4, 0.5) is 5.82 Å². The number of rotatable bonds is 10. The molecule has 0 aliphatic heterocycles. The van der Waals surface area contributed by atoms with Crippen LogP contribution in [0.3, 0.4) is 0 Å². The first-order valence-corrected chi connectivity index (χ1v) is 11.9. The van der Waals surface area contributed by atoms with Crippen LogP contribution in [0.25, 0.3) is 0 Å². The summed E-state index contributed by atoms with van der Waals surface area (Å²) >= 11 is 1.62.